The van der Waals surface area contributed by atoms with E-state index < -0.39 is 0 Å². The van der Waals surface area contributed by atoms with Crippen LogP contribution in [0.15, 0.2) is 18.2 Å². The zero-order chi connectivity index (χ0) is 14.0. The lowest BCUT2D eigenvalue weighted by Gasteiger charge is -2.28. The van der Waals surface area contributed by atoms with Gasteiger partial charge < -0.3 is 15.8 Å². The molecule has 0 aliphatic carbocycles. The van der Waals surface area contributed by atoms with Gasteiger partial charge in [0.15, 0.2) is 0 Å². The summed E-state index contributed by atoms with van der Waals surface area (Å²) in [7, 11) is 1.71. The molecule has 1 aromatic rings. The van der Waals surface area contributed by atoms with E-state index in [2.05, 4.69) is 46.0 Å². The van der Waals surface area contributed by atoms with Crippen LogP contribution in [0.3, 0.4) is 0 Å². The number of nitrogens with two attached hydrogens (primary N) is 1. The van der Waals surface area contributed by atoms with Crippen molar-refractivity contribution in [2.45, 2.75) is 45.6 Å². The SMILES string of the molecule is COc1ccc(NC(C)(C)CN)cc1C(C)(C)C. The largest absolute Gasteiger partial charge is 0.496 e. The molecule has 0 unspecified atom stereocenters. The molecule has 0 spiro atoms. The maximum Gasteiger partial charge on any atom is 0.122 e. The van der Waals surface area contributed by atoms with Gasteiger partial charge in [-0.2, -0.15) is 0 Å². The summed E-state index contributed by atoms with van der Waals surface area (Å²) in [6.45, 7) is 11.3. The Morgan fingerprint density at radius 2 is 1.78 bits per heavy atom. The first-order valence-corrected chi connectivity index (χ1v) is 6.36. The first-order chi connectivity index (χ1) is 8.19. The van der Waals surface area contributed by atoms with E-state index in [1.165, 1.54) is 5.56 Å². The summed E-state index contributed by atoms with van der Waals surface area (Å²) in [6, 6.07) is 6.19. The Balaban J connectivity index is 3.11. The molecule has 18 heavy (non-hydrogen) atoms. The van der Waals surface area contributed by atoms with Gasteiger partial charge in [0, 0.05) is 23.3 Å². The molecule has 1 aromatic carbocycles. The Morgan fingerprint density at radius 1 is 1.17 bits per heavy atom. The molecule has 102 valence electrons. The molecule has 0 amide bonds. The van der Waals surface area contributed by atoms with Crippen LogP contribution in [0.4, 0.5) is 5.69 Å². The molecule has 3 heteroatoms. The van der Waals surface area contributed by atoms with Gasteiger partial charge >= 0.3 is 0 Å². The van der Waals surface area contributed by atoms with Gasteiger partial charge in [-0.3, -0.25) is 0 Å². The third-order valence-corrected chi connectivity index (χ3v) is 3.00. The van der Waals surface area contributed by atoms with Crippen LogP contribution in [0.5, 0.6) is 5.75 Å². The monoisotopic (exact) mass is 250 g/mol. The quantitative estimate of drug-likeness (QED) is 0.863. The highest BCUT2D eigenvalue weighted by Gasteiger charge is 2.21. The predicted octanol–water partition coefficient (Wildman–Crippen LogP) is 3.14. The van der Waals surface area contributed by atoms with Crippen molar-refractivity contribution in [1.29, 1.82) is 0 Å². The predicted molar refractivity (Wildman–Crippen MR) is 78.5 cm³/mol. The molecule has 0 atom stereocenters. The number of anilines is 1. The average Bonchev–Trinajstić information content (AvgIpc) is 2.27. The van der Waals surface area contributed by atoms with Crippen LogP contribution in [-0.4, -0.2) is 19.2 Å². The fraction of sp³-hybridized carbons (Fsp3) is 0.600. The van der Waals surface area contributed by atoms with E-state index in [1.54, 1.807) is 7.11 Å². The second kappa shape index (κ2) is 5.19. The van der Waals surface area contributed by atoms with E-state index in [0.29, 0.717) is 6.54 Å². The van der Waals surface area contributed by atoms with Gasteiger partial charge in [-0.15, -0.1) is 0 Å². The van der Waals surface area contributed by atoms with Crippen molar-refractivity contribution >= 4 is 5.69 Å². The van der Waals surface area contributed by atoms with E-state index >= 15 is 0 Å². The smallest absolute Gasteiger partial charge is 0.122 e. The minimum absolute atomic E-state index is 0.0515. The summed E-state index contributed by atoms with van der Waals surface area (Å²) in [5, 5.41) is 3.45. The minimum Gasteiger partial charge on any atom is -0.496 e. The Kier molecular flexibility index (Phi) is 4.28. The number of hydrogen-bond acceptors (Lipinski definition) is 3. The second-order valence-electron chi connectivity index (χ2n) is 6.38. The molecule has 3 N–H and O–H groups in total. The third-order valence-electron chi connectivity index (χ3n) is 3.00. The van der Waals surface area contributed by atoms with Gasteiger partial charge in [0.05, 0.1) is 7.11 Å². The second-order valence-corrected chi connectivity index (χ2v) is 6.38. The van der Waals surface area contributed by atoms with E-state index in [0.717, 1.165) is 11.4 Å². The van der Waals surface area contributed by atoms with Crippen LogP contribution in [0.1, 0.15) is 40.2 Å². The van der Waals surface area contributed by atoms with Crippen molar-refractivity contribution in [2.75, 3.05) is 19.0 Å². The molecule has 0 saturated heterocycles. The maximum atomic E-state index is 5.75. The van der Waals surface area contributed by atoms with Gasteiger partial charge in [0.25, 0.3) is 0 Å². The van der Waals surface area contributed by atoms with Crippen LogP contribution in [0, 0.1) is 0 Å². The highest BCUT2D eigenvalue weighted by atomic mass is 16.5. The highest BCUT2D eigenvalue weighted by molar-refractivity contribution is 5.54. The minimum atomic E-state index is -0.107. The van der Waals surface area contributed by atoms with Gasteiger partial charge in [0.1, 0.15) is 5.75 Å². The Labute approximate surface area is 111 Å². The van der Waals surface area contributed by atoms with Crippen molar-refractivity contribution in [3.63, 3.8) is 0 Å². The number of methoxy groups -OCH3 is 1. The molecule has 0 aliphatic rings. The normalized spacial score (nSPS) is 12.4. The van der Waals surface area contributed by atoms with E-state index in [9.17, 15) is 0 Å². The highest BCUT2D eigenvalue weighted by Crippen LogP contribution is 2.33. The van der Waals surface area contributed by atoms with Crippen LogP contribution in [0.25, 0.3) is 0 Å². The van der Waals surface area contributed by atoms with Gasteiger partial charge in [-0.1, -0.05) is 20.8 Å². The molecular formula is C15H26N2O. The maximum absolute atomic E-state index is 5.75. The number of rotatable bonds is 4. The van der Waals surface area contributed by atoms with Gasteiger partial charge in [-0.25, -0.2) is 0 Å². The van der Waals surface area contributed by atoms with Crippen molar-refractivity contribution in [3.05, 3.63) is 23.8 Å². The Hall–Kier alpha value is -1.22. The topological polar surface area (TPSA) is 47.3 Å². The first-order valence-electron chi connectivity index (χ1n) is 6.36. The number of nitrogens with one attached hydrogen (secondary N) is 1. The summed E-state index contributed by atoms with van der Waals surface area (Å²) >= 11 is 0. The van der Waals surface area contributed by atoms with Gasteiger partial charge in [0.2, 0.25) is 0 Å². The third kappa shape index (κ3) is 3.64. The van der Waals surface area contributed by atoms with Crippen LogP contribution in [-0.2, 0) is 5.41 Å². The van der Waals surface area contributed by atoms with Crippen LogP contribution >= 0.6 is 0 Å². The first kappa shape index (κ1) is 14.8. The van der Waals surface area contributed by atoms with Gasteiger partial charge in [-0.05, 0) is 37.5 Å². The molecular weight excluding hydrogens is 224 g/mol. The molecule has 0 bridgehead atoms. The molecule has 0 aromatic heterocycles. The lowest BCUT2D eigenvalue weighted by molar-refractivity contribution is 0.397. The summed E-state index contributed by atoms with van der Waals surface area (Å²) < 4.78 is 5.43. The van der Waals surface area contributed by atoms with E-state index in [1.807, 2.05) is 12.1 Å². The molecule has 0 aliphatic heterocycles. The standard InChI is InChI=1S/C15H26N2O/c1-14(2,3)12-9-11(7-8-13(12)18-6)17-15(4,5)10-16/h7-9,17H,10,16H2,1-6H3. The van der Waals surface area contributed by atoms with Crippen molar-refractivity contribution in [1.82, 2.24) is 0 Å². The zero-order valence-electron chi connectivity index (χ0n) is 12.4. The fourth-order valence-electron chi connectivity index (χ4n) is 1.81. The van der Waals surface area contributed by atoms with E-state index in [-0.39, 0.29) is 11.0 Å². The summed E-state index contributed by atoms with van der Waals surface area (Å²) in [5.74, 6) is 0.929. The zero-order valence-corrected chi connectivity index (χ0v) is 12.4. The molecule has 1 rings (SSSR count). The summed E-state index contributed by atoms with van der Waals surface area (Å²) in [6.07, 6.45) is 0. The average molecular weight is 250 g/mol. The molecule has 0 saturated carbocycles. The molecule has 0 fully saturated rings. The molecule has 0 heterocycles. The lowest BCUT2D eigenvalue weighted by Crippen LogP contribution is -2.39. The van der Waals surface area contributed by atoms with Crippen LogP contribution in [0.2, 0.25) is 0 Å². The van der Waals surface area contributed by atoms with Crippen LogP contribution < -0.4 is 15.8 Å². The van der Waals surface area contributed by atoms with Crippen molar-refractivity contribution in [3.8, 4) is 5.75 Å². The van der Waals surface area contributed by atoms with Crippen molar-refractivity contribution in [2.24, 2.45) is 5.73 Å². The summed E-state index contributed by atoms with van der Waals surface area (Å²) in [4.78, 5) is 0. The Bertz CT molecular complexity index is 405. The molecule has 3 nitrogen and oxygen atoms in total. The van der Waals surface area contributed by atoms with E-state index in [4.69, 9.17) is 10.5 Å². The lowest BCUT2D eigenvalue weighted by atomic mass is 9.86. The number of ether oxygens (including phenoxy) is 1. The fourth-order valence-corrected chi connectivity index (χ4v) is 1.81. The van der Waals surface area contributed by atoms with Crippen molar-refractivity contribution < 1.29 is 4.74 Å². The molecule has 0 radical (unpaired) electrons. The Morgan fingerprint density at radius 3 is 2.22 bits per heavy atom. The number of benzene rings is 1. The number of hydrogen-bond donors (Lipinski definition) is 2. The summed E-state index contributed by atoms with van der Waals surface area (Å²) in [5.41, 5.74) is 7.97.